The number of nitrogens with zero attached hydrogens (tertiary/aromatic N) is 2. The molecule has 4 atom stereocenters. The number of halogens is 2. The Kier molecular flexibility index (Phi) is 12.5. The number of alkyl halides is 1. The molecule has 12 heteroatoms. The van der Waals surface area contributed by atoms with E-state index in [4.69, 9.17) is 42.6 Å². The maximum absolute atomic E-state index is 12.9. The number of amides is 1. The van der Waals surface area contributed by atoms with Crippen LogP contribution in [0.25, 0.3) is 5.57 Å². The highest BCUT2D eigenvalue weighted by Gasteiger charge is 2.46. The molecule has 1 aromatic carbocycles. The Morgan fingerprint density at radius 2 is 1.65 bits per heavy atom. The van der Waals surface area contributed by atoms with E-state index < -0.39 is 26.9 Å². The molecule has 1 aliphatic carbocycles. The zero-order chi connectivity index (χ0) is 36.1. The van der Waals surface area contributed by atoms with Crippen LogP contribution in [-0.2, 0) is 28.1 Å². The number of carbonyl (C=O) groups excluding carboxylic acids is 1. The van der Waals surface area contributed by atoms with Gasteiger partial charge in [-0.05, 0) is 70.9 Å². The summed E-state index contributed by atoms with van der Waals surface area (Å²) in [6, 6.07) is 15.0. The Morgan fingerprint density at radius 1 is 1.02 bits per heavy atom. The summed E-state index contributed by atoms with van der Waals surface area (Å²) < 4.78 is 27.4. The molecule has 0 aliphatic heterocycles. The van der Waals surface area contributed by atoms with Crippen molar-refractivity contribution in [1.29, 1.82) is 0 Å². The lowest BCUT2D eigenvalue weighted by molar-refractivity contribution is -0.119. The third-order valence-corrected chi connectivity index (χ3v) is 11.0. The van der Waals surface area contributed by atoms with Gasteiger partial charge in [0.25, 0.3) is 0 Å². The summed E-state index contributed by atoms with van der Waals surface area (Å²) in [6.07, 6.45) is 5.91. The van der Waals surface area contributed by atoms with Crippen molar-refractivity contribution >= 4 is 46.0 Å². The molecule has 1 amide bonds. The van der Waals surface area contributed by atoms with Gasteiger partial charge in [-0.15, -0.1) is 16.3 Å². The SMILES string of the molecule is COc1nc(C2(c3ccc(C(C)N[S@+]([O-])C(C)(C)C)c(OC)n3)C=CC=C(c3ccccc3Cl)C2Cl)ccc1CNC(C)(C)CNC(C)=O. The van der Waals surface area contributed by atoms with Crippen molar-refractivity contribution in [3.63, 3.8) is 0 Å². The molecule has 9 nitrogen and oxygen atoms in total. The van der Waals surface area contributed by atoms with Crippen LogP contribution in [0.1, 0.15) is 82.6 Å². The van der Waals surface area contributed by atoms with Crippen LogP contribution in [0.5, 0.6) is 11.8 Å². The highest BCUT2D eigenvalue weighted by molar-refractivity contribution is 7.90. The monoisotopic (exact) mass is 727 g/mol. The van der Waals surface area contributed by atoms with E-state index in [1.165, 1.54) is 6.92 Å². The molecular weight excluding hydrogens is 681 g/mol. The number of benzene rings is 1. The van der Waals surface area contributed by atoms with E-state index in [9.17, 15) is 9.35 Å². The van der Waals surface area contributed by atoms with E-state index in [0.29, 0.717) is 41.3 Å². The van der Waals surface area contributed by atoms with E-state index in [0.717, 1.165) is 22.3 Å². The highest BCUT2D eigenvalue weighted by Crippen LogP contribution is 2.48. The van der Waals surface area contributed by atoms with E-state index in [1.54, 1.807) is 14.2 Å². The minimum Gasteiger partial charge on any atom is -0.598 e. The van der Waals surface area contributed by atoms with Gasteiger partial charge in [0, 0.05) is 53.1 Å². The Morgan fingerprint density at radius 3 is 2.27 bits per heavy atom. The van der Waals surface area contributed by atoms with Crippen LogP contribution < -0.4 is 24.8 Å². The van der Waals surface area contributed by atoms with Crippen LogP contribution in [-0.4, -0.2) is 56.9 Å². The molecule has 2 heterocycles. The molecule has 3 N–H and O–H groups in total. The van der Waals surface area contributed by atoms with Crippen molar-refractivity contribution in [1.82, 2.24) is 25.3 Å². The van der Waals surface area contributed by atoms with Crippen molar-refractivity contribution in [2.75, 3.05) is 20.8 Å². The Hall–Kier alpha value is -3.12. The summed E-state index contributed by atoms with van der Waals surface area (Å²) >= 11 is 13.0. The summed E-state index contributed by atoms with van der Waals surface area (Å²) in [6.45, 7) is 14.1. The Labute approximate surface area is 303 Å². The lowest BCUT2D eigenvalue weighted by Crippen LogP contribution is -2.48. The first-order valence-corrected chi connectivity index (χ1v) is 18.1. The number of aromatic nitrogens is 2. The summed E-state index contributed by atoms with van der Waals surface area (Å²) in [4.78, 5) is 21.6. The van der Waals surface area contributed by atoms with Crippen molar-refractivity contribution in [2.45, 2.75) is 82.1 Å². The van der Waals surface area contributed by atoms with Gasteiger partial charge in [-0.2, -0.15) is 0 Å². The first kappa shape index (κ1) is 38.7. The van der Waals surface area contributed by atoms with Gasteiger partial charge < -0.3 is 24.7 Å². The number of hydrogen-bond acceptors (Lipinski definition) is 8. The molecule has 0 saturated carbocycles. The molecule has 1 aliphatic rings. The maximum atomic E-state index is 12.9. The average molecular weight is 729 g/mol. The van der Waals surface area contributed by atoms with Gasteiger partial charge in [-0.25, -0.2) is 9.97 Å². The van der Waals surface area contributed by atoms with Crippen LogP contribution in [0.2, 0.25) is 5.02 Å². The fourth-order valence-electron chi connectivity index (χ4n) is 5.53. The van der Waals surface area contributed by atoms with Crippen LogP contribution in [0.4, 0.5) is 0 Å². The molecule has 0 bridgehead atoms. The number of rotatable bonds is 13. The molecule has 2 aromatic heterocycles. The fourth-order valence-corrected chi connectivity index (χ4v) is 7.06. The zero-order valence-corrected chi connectivity index (χ0v) is 31.9. The smallest absolute Gasteiger partial charge is 0.218 e. The standard InChI is InChI=1S/C37H47Cl2N5O4S/c1-23(44-49(46)35(3,4)5)26-17-19-31(43-34(26)48-9)37(20-12-14-28(32(37)39)27-13-10-11-15-29(27)38)30-18-16-25(33(42-30)47-8)21-41-36(6,7)22-40-24(2)45/h10-20,23,32,41,44H,21-22H2,1-9H3,(H,40,45)/t23?,32?,37?,49-/m1/s1. The summed E-state index contributed by atoms with van der Waals surface area (Å²) in [5.41, 5.74) is 2.94. The normalized spacial score (nSPS) is 19.2. The molecular formula is C37H47Cl2N5O4S. The number of hydrogen-bond donors (Lipinski definition) is 3. The Bertz CT molecular complexity index is 1710. The van der Waals surface area contributed by atoms with Crippen molar-refractivity contribution < 1.29 is 18.8 Å². The molecule has 3 unspecified atom stereocenters. The van der Waals surface area contributed by atoms with Crippen molar-refractivity contribution in [3.05, 3.63) is 99.9 Å². The third-order valence-electron chi connectivity index (χ3n) is 8.40. The zero-order valence-electron chi connectivity index (χ0n) is 29.6. The minimum absolute atomic E-state index is 0.0889. The Balaban J connectivity index is 1.83. The number of pyridine rings is 2. The fraction of sp³-hybridized carbons (Fsp3) is 0.432. The maximum Gasteiger partial charge on any atom is 0.218 e. The lowest BCUT2D eigenvalue weighted by Gasteiger charge is -2.38. The van der Waals surface area contributed by atoms with E-state index >= 15 is 0 Å². The van der Waals surface area contributed by atoms with Gasteiger partial charge in [0.05, 0.1) is 42.4 Å². The molecule has 0 radical (unpaired) electrons. The summed E-state index contributed by atoms with van der Waals surface area (Å²) in [5.74, 6) is 0.717. The molecule has 264 valence electrons. The van der Waals surface area contributed by atoms with Gasteiger partial charge in [0.15, 0.2) is 0 Å². The number of ether oxygens (including phenoxy) is 2. The van der Waals surface area contributed by atoms with Gasteiger partial charge in [-0.3, -0.25) is 4.79 Å². The number of methoxy groups -OCH3 is 2. The number of carbonyl (C=O) groups is 1. The number of nitrogens with one attached hydrogen (secondary N) is 3. The lowest BCUT2D eigenvalue weighted by atomic mass is 9.70. The quantitative estimate of drug-likeness (QED) is 0.130. The largest absolute Gasteiger partial charge is 0.598 e. The second kappa shape index (κ2) is 15.8. The number of allylic oxidation sites excluding steroid dienone is 4. The minimum atomic E-state index is -1.31. The van der Waals surface area contributed by atoms with E-state index in [1.807, 2.05) is 108 Å². The molecule has 49 heavy (non-hydrogen) atoms. The predicted molar refractivity (Wildman–Crippen MR) is 200 cm³/mol. The first-order valence-electron chi connectivity index (χ1n) is 16.1. The van der Waals surface area contributed by atoms with Crippen LogP contribution in [0.15, 0.2) is 66.8 Å². The molecule has 3 aromatic rings. The predicted octanol–water partition coefficient (Wildman–Crippen LogP) is 6.81. The van der Waals surface area contributed by atoms with Crippen LogP contribution in [0, 0.1) is 0 Å². The second-order valence-electron chi connectivity index (χ2n) is 13.7. The highest BCUT2D eigenvalue weighted by atomic mass is 35.5. The summed E-state index contributed by atoms with van der Waals surface area (Å²) in [7, 11) is 3.15. The van der Waals surface area contributed by atoms with Gasteiger partial charge in [0.2, 0.25) is 17.7 Å². The first-order chi connectivity index (χ1) is 23.0. The second-order valence-corrected chi connectivity index (χ2v) is 16.6. The van der Waals surface area contributed by atoms with Gasteiger partial charge >= 0.3 is 0 Å². The topological polar surface area (TPSA) is 120 Å². The van der Waals surface area contributed by atoms with Crippen LogP contribution in [0.3, 0.4) is 0 Å². The van der Waals surface area contributed by atoms with Crippen molar-refractivity contribution in [2.24, 2.45) is 0 Å². The van der Waals surface area contributed by atoms with E-state index in [2.05, 4.69) is 15.4 Å². The average Bonchev–Trinajstić information content (AvgIpc) is 3.06. The van der Waals surface area contributed by atoms with Gasteiger partial charge in [0.1, 0.15) is 4.75 Å². The molecule has 4 rings (SSSR count). The molecule has 0 fully saturated rings. The van der Waals surface area contributed by atoms with Crippen LogP contribution >= 0.6 is 23.2 Å². The summed E-state index contributed by atoms with van der Waals surface area (Å²) in [5, 5.41) is 6.24. The van der Waals surface area contributed by atoms with E-state index in [-0.39, 0.29) is 17.5 Å². The van der Waals surface area contributed by atoms with Crippen molar-refractivity contribution in [3.8, 4) is 11.8 Å². The van der Waals surface area contributed by atoms with Gasteiger partial charge in [-0.1, -0.05) is 60.2 Å². The third kappa shape index (κ3) is 8.79. The molecule has 0 saturated heterocycles. The molecule has 0 spiro atoms.